The number of hydrogen-bond donors (Lipinski definition) is 0. The van der Waals surface area contributed by atoms with E-state index in [-0.39, 0.29) is 0 Å². The van der Waals surface area contributed by atoms with Gasteiger partial charge in [0.15, 0.2) is 5.15 Å². The van der Waals surface area contributed by atoms with Gasteiger partial charge in [-0.05, 0) is 30.3 Å². The summed E-state index contributed by atoms with van der Waals surface area (Å²) in [4.78, 5) is 0. The molecule has 0 atom stereocenters. The second-order valence-electron chi connectivity index (χ2n) is 3.09. The predicted molar refractivity (Wildman–Crippen MR) is 64.0 cm³/mol. The Kier molecular flexibility index (Phi) is 3.27. The Morgan fingerprint density at radius 2 is 1.88 bits per heavy atom. The van der Waals surface area contributed by atoms with Crippen LogP contribution in [0.4, 0.5) is 0 Å². The highest BCUT2D eigenvalue weighted by Gasteiger charge is 2.08. The van der Waals surface area contributed by atoms with E-state index < -0.39 is 0 Å². The van der Waals surface area contributed by atoms with Crippen LogP contribution in [0, 0.1) is 0 Å². The Morgan fingerprint density at radius 1 is 1.06 bits per heavy atom. The number of rotatable bonds is 2. The fourth-order valence-corrected chi connectivity index (χ4v) is 1.61. The van der Waals surface area contributed by atoms with Gasteiger partial charge in [0.05, 0.1) is 12.8 Å². The van der Waals surface area contributed by atoms with Crippen molar-refractivity contribution in [1.29, 1.82) is 0 Å². The summed E-state index contributed by atoms with van der Waals surface area (Å²) in [5, 5.41) is 8.72. The number of halogens is 2. The normalized spacial score (nSPS) is 10.2. The highest BCUT2D eigenvalue weighted by Crippen LogP contribution is 2.31. The molecule has 5 heteroatoms. The van der Waals surface area contributed by atoms with Gasteiger partial charge in [-0.15, -0.1) is 10.2 Å². The SMILES string of the molecule is COc1ccc(Cl)cc1-c1ccc(Cl)nn1. The van der Waals surface area contributed by atoms with Crippen molar-refractivity contribution >= 4 is 23.2 Å². The van der Waals surface area contributed by atoms with Crippen LogP contribution in [0.5, 0.6) is 5.75 Å². The van der Waals surface area contributed by atoms with E-state index in [4.69, 9.17) is 27.9 Å². The Balaban J connectivity index is 2.53. The van der Waals surface area contributed by atoms with Crippen molar-refractivity contribution in [3.05, 3.63) is 40.5 Å². The molecule has 0 unspecified atom stereocenters. The van der Waals surface area contributed by atoms with Crippen LogP contribution in [0.25, 0.3) is 11.3 Å². The molecule has 0 bridgehead atoms. The van der Waals surface area contributed by atoms with E-state index in [0.717, 1.165) is 5.56 Å². The Hall–Kier alpha value is -1.32. The third kappa shape index (κ3) is 2.26. The summed E-state index contributed by atoms with van der Waals surface area (Å²) < 4.78 is 5.23. The molecule has 0 spiro atoms. The van der Waals surface area contributed by atoms with Gasteiger partial charge in [-0.3, -0.25) is 0 Å². The molecule has 0 N–H and O–H groups in total. The van der Waals surface area contributed by atoms with Crippen LogP contribution in [0.2, 0.25) is 10.2 Å². The lowest BCUT2D eigenvalue weighted by molar-refractivity contribution is 0.416. The van der Waals surface area contributed by atoms with Gasteiger partial charge in [0.1, 0.15) is 5.75 Å². The fourth-order valence-electron chi connectivity index (χ4n) is 1.34. The van der Waals surface area contributed by atoms with Gasteiger partial charge in [0, 0.05) is 10.6 Å². The van der Waals surface area contributed by atoms with Crippen molar-refractivity contribution in [3.63, 3.8) is 0 Å². The highest BCUT2D eigenvalue weighted by molar-refractivity contribution is 6.31. The molecule has 0 saturated carbocycles. The van der Waals surface area contributed by atoms with E-state index in [1.165, 1.54) is 0 Å². The molecule has 82 valence electrons. The molecule has 0 radical (unpaired) electrons. The van der Waals surface area contributed by atoms with Crippen LogP contribution < -0.4 is 4.74 Å². The van der Waals surface area contributed by atoms with Crippen molar-refractivity contribution in [2.45, 2.75) is 0 Å². The maximum absolute atomic E-state index is 5.93. The van der Waals surface area contributed by atoms with Crippen LogP contribution in [0.15, 0.2) is 30.3 Å². The minimum Gasteiger partial charge on any atom is -0.496 e. The monoisotopic (exact) mass is 254 g/mol. The smallest absolute Gasteiger partial charge is 0.151 e. The molecule has 3 nitrogen and oxygen atoms in total. The summed E-state index contributed by atoms with van der Waals surface area (Å²) in [5.41, 5.74) is 1.46. The van der Waals surface area contributed by atoms with Gasteiger partial charge in [0.25, 0.3) is 0 Å². The third-order valence-electron chi connectivity index (χ3n) is 2.07. The number of aromatic nitrogens is 2. The Bertz CT molecular complexity index is 500. The quantitative estimate of drug-likeness (QED) is 0.824. The van der Waals surface area contributed by atoms with Crippen LogP contribution in [0.3, 0.4) is 0 Å². The molecule has 2 rings (SSSR count). The number of benzene rings is 1. The van der Waals surface area contributed by atoms with Crippen molar-refractivity contribution in [1.82, 2.24) is 10.2 Å². The maximum Gasteiger partial charge on any atom is 0.151 e. The molecule has 0 aliphatic rings. The molecule has 0 fully saturated rings. The van der Waals surface area contributed by atoms with Crippen molar-refractivity contribution in [2.24, 2.45) is 0 Å². The highest BCUT2D eigenvalue weighted by atomic mass is 35.5. The largest absolute Gasteiger partial charge is 0.496 e. The van der Waals surface area contributed by atoms with Crippen molar-refractivity contribution in [2.75, 3.05) is 7.11 Å². The predicted octanol–water partition coefficient (Wildman–Crippen LogP) is 3.46. The fraction of sp³-hybridized carbons (Fsp3) is 0.0909. The summed E-state index contributed by atoms with van der Waals surface area (Å²) in [6.07, 6.45) is 0. The molecule has 0 aliphatic carbocycles. The van der Waals surface area contributed by atoms with Gasteiger partial charge in [-0.2, -0.15) is 0 Å². The van der Waals surface area contributed by atoms with Crippen LogP contribution in [-0.2, 0) is 0 Å². The molecule has 1 heterocycles. The van der Waals surface area contributed by atoms with Crippen molar-refractivity contribution in [3.8, 4) is 17.0 Å². The van der Waals surface area contributed by atoms with E-state index in [9.17, 15) is 0 Å². The number of ether oxygens (including phenoxy) is 1. The van der Waals surface area contributed by atoms with Crippen LogP contribution >= 0.6 is 23.2 Å². The molecule has 0 aliphatic heterocycles. The van der Waals surface area contributed by atoms with Gasteiger partial charge in [0.2, 0.25) is 0 Å². The Morgan fingerprint density at radius 3 is 2.50 bits per heavy atom. The van der Waals surface area contributed by atoms with E-state index in [1.807, 2.05) is 0 Å². The maximum atomic E-state index is 5.93. The van der Waals surface area contributed by atoms with Crippen molar-refractivity contribution < 1.29 is 4.74 Å². The molecule has 16 heavy (non-hydrogen) atoms. The summed E-state index contributed by atoms with van der Waals surface area (Å²) in [5.74, 6) is 0.695. The molecule has 1 aromatic heterocycles. The zero-order valence-corrected chi connectivity index (χ0v) is 9.96. The lowest BCUT2D eigenvalue weighted by Crippen LogP contribution is -1.91. The Labute approximate surface area is 103 Å². The second kappa shape index (κ2) is 4.68. The van der Waals surface area contributed by atoms with Crippen LogP contribution in [-0.4, -0.2) is 17.3 Å². The first-order valence-electron chi connectivity index (χ1n) is 4.54. The minimum atomic E-state index is 0.352. The average Bonchev–Trinajstić information content (AvgIpc) is 2.30. The second-order valence-corrected chi connectivity index (χ2v) is 3.91. The topological polar surface area (TPSA) is 35.0 Å². The van der Waals surface area contributed by atoms with E-state index >= 15 is 0 Å². The minimum absolute atomic E-state index is 0.352. The summed E-state index contributed by atoms with van der Waals surface area (Å²) in [6.45, 7) is 0. The van der Waals surface area contributed by atoms with Gasteiger partial charge < -0.3 is 4.74 Å². The first-order chi connectivity index (χ1) is 7.70. The third-order valence-corrected chi connectivity index (χ3v) is 2.51. The number of hydrogen-bond acceptors (Lipinski definition) is 3. The van der Waals surface area contributed by atoms with E-state index in [0.29, 0.717) is 21.6 Å². The van der Waals surface area contributed by atoms with E-state index in [2.05, 4.69) is 10.2 Å². The van der Waals surface area contributed by atoms with Crippen LogP contribution in [0.1, 0.15) is 0 Å². The molecular formula is C11H8Cl2N2O. The lowest BCUT2D eigenvalue weighted by atomic mass is 10.1. The number of nitrogens with zero attached hydrogens (tertiary/aromatic N) is 2. The first kappa shape index (κ1) is 11.2. The zero-order chi connectivity index (χ0) is 11.5. The average molecular weight is 255 g/mol. The molecule has 2 aromatic rings. The molecule has 0 saturated heterocycles. The number of methoxy groups -OCH3 is 1. The molecule has 0 amide bonds. The lowest BCUT2D eigenvalue weighted by Gasteiger charge is -2.07. The summed E-state index contributed by atoms with van der Waals surface area (Å²) >= 11 is 11.6. The van der Waals surface area contributed by atoms with E-state index in [1.54, 1.807) is 37.4 Å². The van der Waals surface area contributed by atoms with Gasteiger partial charge in [-0.25, -0.2) is 0 Å². The first-order valence-corrected chi connectivity index (χ1v) is 5.29. The van der Waals surface area contributed by atoms with Gasteiger partial charge in [-0.1, -0.05) is 23.2 Å². The summed E-state index contributed by atoms with van der Waals surface area (Å²) in [7, 11) is 1.59. The molecular weight excluding hydrogens is 247 g/mol. The zero-order valence-electron chi connectivity index (χ0n) is 8.45. The molecule has 1 aromatic carbocycles. The van der Waals surface area contributed by atoms with Gasteiger partial charge >= 0.3 is 0 Å². The summed E-state index contributed by atoms with van der Waals surface area (Å²) in [6, 6.07) is 8.76. The standard InChI is InChI=1S/C11H8Cl2N2O/c1-16-10-4-2-7(12)6-8(10)9-3-5-11(13)15-14-9/h2-6H,1H3.